The lowest BCUT2D eigenvalue weighted by Crippen LogP contribution is -2.43. The molecule has 6 nitrogen and oxygen atoms in total. The summed E-state index contributed by atoms with van der Waals surface area (Å²) in [5, 5.41) is 6.47. The van der Waals surface area contributed by atoms with Crippen molar-refractivity contribution in [2.75, 3.05) is 25.2 Å². The fraction of sp³-hybridized carbons (Fsp3) is 0.409. The first-order chi connectivity index (χ1) is 14.0. The van der Waals surface area contributed by atoms with Gasteiger partial charge in [0.25, 0.3) is 0 Å². The number of ether oxygens (including phenoxy) is 1. The smallest absolute Gasteiger partial charge is 0.191 e. The molecule has 0 aromatic heterocycles. The summed E-state index contributed by atoms with van der Waals surface area (Å²) in [4.78, 5) is 4.21. The molecule has 0 spiro atoms. The van der Waals surface area contributed by atoms with Crippen LogP contribution < -0.4 is 15.4 Å². The largest absolute Gasteiger partial charge is 0.493 e. The van der Waals surface area contributed by atoms with Gasteiger partial charge >= 0.3 is 0 Å². The standard InChI is InChI=1S/C22H27N3O3S.HI/c1-23-22(25-20-10-12-29(26,27)15-20)24-14-16-4-6-17(7-5-16)18-8-9-21-19(13-18)3-2-11-28-21;/h4-9,13,20H,2-3,10-12,14-15H2,1H3,(H2,23,24,25);1H. The number of nitrogens with one attached hydrogen (secondary N) is 2. The van der Waals surface area contributed by atoms with Crippen molar-refractivity contribution in [3.05, 3.63) is 53.6 Å². The second-order valence-corrected chi connectivity index (χ2v) is 9.87. The quantitative estimate of drug-likeness (QED) is 0.353. The Morgan fingerprint density at radius 2 is 1.93 bits per heavy atom. The van der Waals surface area contributed by atoms with Gasteiger partial charge in [0, 0.05) is 19.6 Å². The molecule has 2 N–H and O–H groups in total. The first kappa shape index (κ1) is 22.9. The minimum atomic E-state index is -2.91. The average molecular weight is 541 g/mol. The van der Waals surface area contributed by atoms with Gasteiger partial charge in [-0.15, -0.1) is 24.0 Å². The minimum absolute atomic E-state index is 0. The molecule has 1 atom stereocenters. The van der Waals surface area contributed by atoms with Gasteiger partial charge in [-0.25, -0.2) is 8.42 Å². The van der Waals surface area contributed by atoms with Crippen LogP contribution in [0.2, 0.25) is 0 Å². The summed E-state index contributed by atoms with van der Waals surface area (Å²) in [6.45, 7) is 1.43. The maximum atomic E-state index is 11.6. The maximum absolute atomic E-state index is 11.6. The molecule has 8 heteroatoms. The van der Waals surface area contributed by atoms with E-state index in [2.05, 4.69) is 58.1 Å². The fourth-order valence-corrected chi connectivity index (χ4v) is 5.51. The summed E-state index contributed by atoms with van der Waals surface area (Å²) in [6.07, 6.45) is 2.77. The van der Waals surface area contributed by atoms with Crippen LogP contribution in [0.5, 0.6) is 5.75 Å². The van der Waals surface area contributed by atoms with Crippen LogP contribution in [0.3, 0.4) is 0 Å². The molecule has 1 unspecified atom stereocenters. The van der Waals surface area contributed by atoms with E-state index in [4.69, 9.17) is 4.74 Å². The van der Waals surface area contributed by atoms with Crippen molar-refractivity contribution in [3.8, 4) is 16.9 Å². The van der Waals surface area contributed by atoms with Crippen molar-refractivity contribution in [2.45, 2.75) is 31.8 Å². The normalized spacial score (nSPS) is 19.9. The molecule has 2 aromatic rings. The second-order valence-electron chi connectivity index (χ2n) is 7.64. The number of halogens is 1. The van der Waals surface area contributed by atoms with E-state index in [1.54, 1.807) is 7.05 Å². The van der Waals surface area contributed by atoms with Crippen LogP contribution in [0, 0.1) is 0 Å². The van der Waals surface area contributed by atoms with Crippen LogP contribution in [0.15, 0.2) is 47.5 Å². The molecular formula is C22H28IN3O3S. The first-order valence-corrected chi connectivity index (χ1v) is 11.9. The lowest BCUT2D eigenvalue weighted by Gasteiger charge is -2.18. The Morgan fingerprint density at radius 3 is 2.63 bits per heavy atom. The molecular weight excluding hydrogens is 513 g/mol. The van der Waals surface area contributed by atoms with Crippen molar-refractivity contribution >= 4 is 39.8 Å². The molecule has 2 aromatic carbocycles. The number of hydrogen-bond donors (Lipinski definition) is 2. The second kappa shape index (κ2) is 10.00. The molecule has 0 radical (unpaired) electrons. The SMILES string of the molecule is CN=C(NCc1ccc(-c2ccc3c(c2)CCCO3)cc1)NC1CCS(=O)(=O)C1.I. The Bertz CT molecular complexity index is 1010. The van der Waals surface area contributed by atoms with Crippen LogP contribution in [-0.2, 0) is 22.8 Å². The van der Waals surface area contributed by atoms with Gasteiger partial charge in [-0.1, -0.05) is 30.3 Å². The summed E-state index contributed by atoms with van der Waals surface area (Å²) in [5.41, 5.74) is 4.80. The summed E-state index contributed by atoms with van der Waals surface area (Å²) in [5.74, 6) is 2.06. The highest BCUT2D eigenvalue weighted by atomic mass is 127. The van der Waals surface area contributed by atoms with Gasteiger partial charge < -0.3 is 15.4 Å². The van der Waals surface area contributed by atoms with E-state index in [0.29, 0.717) is 18.9 Å². The average Bonchev–Trinajstić information content (AvgIpc) is 3.09. The number of fused-ring (bicyclic) bond motifs is 1. The number of benzene rings is 2. The number of hydrogen-bond acceptors (Lipinski definition) is 4. The van der Waals surface area contributed by atoms with E-state index >= 15 is 0 Å². The van der Waals surface area contributed by atoms with Crippen LogP contribution in [0.1, 0.15) is 24.0 Å². The third-order valence-electron chi connectivity index (χ3n) is 5.45. The molecule has 2 aliphatic heterocycles. The first-order valence-electron chi connectivity index (χ1n) is 10.0. The summed E-state index contributed by atoms with van der Waals surface area (Å²) < 4.78 is 28.9. The van der Waals surface area contributed by atoms with Gasteiger partial charge in [-0.05, 0) is 53.6 Å². The van der Waals surface area contributed by atoms with Gasteiger partial charge in [-0.3, -0.25) is 4.99 Å². The molecule has 162 valence electrons. The van der Waals surface area contributed by atoms with Crippen molar-refractivity contribution < 1.29 is 13.2 Å². The maximum Gasteiger partial charge on any atom is 0.191 e. The number of aryl methyl sites for hydroxylation is 1. The zero-order valence-corrected chi connectivity index (χ0v) is 20.2. The highest BCUT2D eigenvalue weighted by Gasteiger charge is 2.28. The van der Waals surface area contributed by atoms with Crippen LogP contribution in [-0.4, -0.2) is 45.6 Å². The highest BCUT2D eigenvalue weighted by molar-refractivity contribution is 14.0. The number of rotatable bonds is 4. The molecule has 0 bridgehead atoms. The Hall–Kier alpha value is -1.81. The number of aliphatic imine (C=N–C) groups is 1. The van der Waals surface area contributed by atoms with Crippen LogP contribution in [0.25, 0.3) is 11.1 Å². The zero-order valence-electron chi connectivity index (χ0n) is 17.1. The lowest BCUT2D eigenvalue weighted by atomic mass is 9.98. The van der Waals surface area contributed by atoms with E-state index < -0.39 is 9.84 Å². The van der Waals surface area contributed by atoms with Crippen molar-refractivity contribution in [1.29, 1.82) is 0 Å². The molecule has 4 rings (SSSR count). The Morgan fingerprint density at radius 1 is 1.17 bits per heavy atom. The Kier molecular flexibility index (Phi) is 7.62. The number of sulfone groups is 1. The van der Waals surface area contributed by atoms with E-state index in [-0.39, 0.29) is 41.5 Å². The molecule has 2 heterocycles. The molecule has 2 aliphatic rings. The zero-order chi connectivity index (χ0) is 20.3. The molecule has 1 saturated heterocycles. The van der Waals surface area contributed by atoms with Crippen molar-refractivity contribution in [2.24, 2.45) is 4.99 Å². The molecule has 0 aliphatic carbocycles. The van der Waals surface area contributed by atoms with Gasteiger partial charge in [-0.2, -0.15) is 0 Å². The van der Waals surface area contributed by atoms with E-state index in [0.717, 1.165) is 30.8 Å². The molecule has 1 fully saturated rings. The number of guanidine groups is 1. The predicted molar refractivity (Wildman–Crippen MR) is 132 cm³/mol. The van der Waals surface area contributed by atoms with Crippen molar-refractivity contribution in [3.63, 3.8) is 0 Å². The van der Waals surface area contributed by atoms with Gasteiger partial charge in [0.1, 0.15) is 5.75 Å². The monoisotopic (exact) mass is 541 g/mol. The van der Waals surface area contributed by atoms with Gasteiger partial charge in [0.2, 0.25) is 0 Å². The fourth-order valence-electron chi connectivity index (χ4n) is 3.84. The summed E-state index contributed by atoms with van der Waals surface area (Å²) in [7, 11) is -1.21. The highest BCUT2D eigenvalue weighted by Crippen LogP contribution is 2.30. The Labute approximate surface area is 195 Å². The topological polar surface area (TPSA) is 79.8 Å². The molecule has 0 saturated carbocycles. The van der Waals surface area contributed by atoms with E-state index in [1.807, 2.05) is 0 Å². The van der Waals surface area contributed by atoms with Crippen LogP contribution >= 0.6 is 24.0 Å². The third-order valence-corrected chi connectivity index (χ3v) is 7.22. The van der Waals surface area contributed by atoms with Gasteiger partial charge in [0.05, 0.1) is 18.1 Å². The third kappa shape index (κ3) is 5.66. The minimum Gasteiger partial charge on any atom is -0.493 e. The Balaban J connectivity index is 0.00000256. The molecule has 0 amide bonds. The van der Waals surface area contributed by atoms with Gasteiger partial charge in [0.15, 0.2) is 15.8 Å². The lowest BCUT2D eigenvalue weighted by molar-refractivity contribution is 0.288. The van der Waals surface area contributed by atoms with E-state index in [1.165, 1.54) is 16.7 Å². The molecule has 30 heavy (non-hydrogen) atoms. The summed E-state index contributed by atoms with van der Waals surface area (Å²) >= 11 is 0. The van der Waals surface area contributed by atoms with Crippen molar-refractivity contribution in [1.82, 2.24) is 10.6 Å². The number of nitrogens with zero attached hydrogens (tertiary/aromatic N) is 1. The predicted octanol–water partition coefficient (Wildman–Crippen LogP) is 3.15. The van der Waals surface area contributed by atoms with Crippen LogP contribution in [0.4, 0.5) is 0 Å². The van der Waals surface area contributed by atoms with E-state index in [9.17, 15) is 8.42 Å². The summed E-state index contributed by atoms with van der Waals surface area (Å²) in [6, 6.07) is 14.8.